The average Bonchev–Trinajstić information content (AvgIpc) is 2.48. The molecule has 0 fully saturated rings. The topological polar surface area (TPSA) is 21.3 Å². The van der Waals surface area contributed by atoms with Gasteiger partial charge in [0.1, 0.15) is 5.75 Å². The first-order valence-corrected chi connectivity index (χ1v) is 7.98. The van der Waals surface area contributed by atoms with Crippen LogP contribution in [0.1, 0.15) is 12.5 Å². The summed E-state index contributed by atoms with van der Waals surface area (Å²) in [6, 6.07) is 17.1. The molecule has 0 bridgehead atoms. The fraction of sp³-hybridized carbons (Fsp3) is 0.294. The van der Waals surface area contributed by atoms with E-state index in [2.05, 4.69) is 54.9 Å². The standard InChI is InChI=1S/C17H21NOS/c1-13(12-14-8-10-15(19-2)11-9-14)18-16-6-4-5-7-17(16)20-3/h4-11,13,18H,12H2,1-3H3. The number of nitrogens with one attached hydrogen (secondary N) is 1. The Balaban J connectivity index is 1.99. The number of anilines is 1. The van der Waals surface area contributed by atoms with Gasteiger partial charge < -0.3 is 10.1 Å². The molecule has 0 aliphatic carbocycles. The minimum atomic E-state index is 0.386. The fourth-order valence-corrected chi connectivity index (χ4v) is 2.76. The quantitative estimate of drug-likeness (QED) is 0.793. The maximum Gasteiger partial charge on any atom is 0.118 e. The lowest BCUT2D eigenvalue weighted by Gasteiger charge is -2.17. The molecule has 0 radical (unpaired) electrons. The third kappa shape index (κ3) is 3.94. The lowest BCUT2D eigenvalue weighted by molar-refractivity contribution is 0.414. The van der Waals surface area contributed by atoms with Gasteiger partial charge >= 0.3 is 0 Å². The predicted octanol–water partition coefficient (Wildman–Crippen LogP) is 4.46. The first-order valence-electron chi connectivity index (χ1n) is 6.75. The molecule has 106 valence electrons. The van der Waals surface area contributed by atoms with Gasteiger partial charge in [-0.1, -0.05) is 24.3 Å². The monoisotopic (exact) mass is 287 g/mol. The third-order valence-corrected chi connectivity index (χ3v) is 4.01. The molecule has 2 rings (SSSR count). The van der Waals surface area contributed by atoms with Gasteiger partial charge in [-0.15, -0.1) is 11.8 Å². The number of hydrogen-bond donors (Lipinski definition) is 1. The van der Waals surface area contributed by atoms with Crippen molar-refractivity contribution in [1.82, 2.24) is 0 Å². The van der Waals surface area contributed by atoms with Crippen LogP contribution < -0.4 is 10.1 Å². The molecule has 0 amide bonds. The van der Waals surface area contributed by atoms with E-state index >= 15 is 0 Å². The molecule has 0 saturated carbocycles. The molecule has 0 spiro atoms. The van der Waals surface area contributed by atoms with Gasteiger partial charge in [-0.2, -0.15) is 0 Å². The molecule has 3 heteroatoms. The second kappa shape index (κ2) is 7.25. The summed E-state index contributed by atoms with van der Waals surface area (Å²) in [6.45, 7) is 2.21. The van der Waals surface area contributed by atoms with E-state index < -0.39 is 0 Å². The summed E-state index contributed by atoms with van der Waals surface area (Å²) in [4.78, 5) is 1.29. The maximum absolute atomic E-state index is 5.18. The number of para-hydroxylation sites is 1. The van der Waals surface area contributed by atoms with Crippen molar-refractivity contribution in [3.05, 3.63) is 54.1 Å². The van der Waals surface area contributed by atoms with E-state index in [0.29, 0.717) is 6.04 Å². The Kier molecular flexibility index (Phi) is 5.36. The van der Waals surface area contributed by atoms with Crippen LogP contribution in [0.2, 0.25) is 0 Å². The molecular formula is C17H21NOS. The van der Waals surface area contributed by atoms with Gasteiger partial charge in [0.05, 0.1) is 7.11 Å². The Bertz CT molecular complexity index is 539. The highest BCUT2D eigenvalue weighted by Gasteiger charge is 2.06. The van der Waals surface area contributed by atoms with E-state index in [9.17, 15) is 0 Å². The normalized spacial score (nSPS) is 11.9. The number of benzene rings is 2. The molecule has 1 atom stereocenters. The van der Waals surface area contributed by atoms with Gasteiger partial charge in [-0.25, -0.2) is 0 Å². The van der Waals surface area contributed by atoms with E-state index in [-0.39, 0.29) is 0 Å². The number of ether oxygens (including phenoxy) is 1. The van der Waals surface area contributed by atoms with E-state index in [4.69, 9.17) is 4.74 Å². The molecule has 1 N–H and O–H groups in total. The maximum atomic E-state index is 5.18. The van der Waals surface area contributed by atoms with Crippen molar-refractivity contribution in [3.63, 3.8) is 0 Å². The van der Waals surface area contributed by atoms with Crippen LogP contribution >= 0.6 is 11.8 Å². The fourth-order valence-electron chi connectivity index (χ4n) is 2.20. The van der Waals surface area contributed by atoms with Gasteiger partial charge in [0, 0.05) is 16.6 Å². The van der Waals surface area contributed by atoms with Crippen LogP contribution in [0.15, 0.2) is 53.4 Å². The second-order valence-corrected chi connectivity index (χ2v) is 5.65. The molecule has 0 aromatic heterocycles. The largest absolute Gasteiger partial charge is 0.497 e. The highest BCUT2D eigenvalue weighted by molar-refractivity contribution is 7.98. The van der Waals surface area contributed by atoms with Gasteiger partial charge in [-0.05, 0) is 49.4 Å². The van der Waals surface area contributed by atoms with Crippen LogP contribution in [-0.2, 0) is 6.42 Å². The zero-order valence-corrected chi connectivity index (χ0v) is 13.0. The van der Waals surface area contributed by atoms with Crippen LogP contribution in [0, 0.1) is 0 Å². The van der Waals surface area contributed by atoms with Crippen molar-refractivity contribution in [3.8, 4) is 5.75 Å². The number of hydrogen-bond acceptors (Lipinski definition) is 3. The average molecular weight is 287 g/mol. The minimum absolute atomic E-state index is 0.386. The highest BCUT2D eigenvalue weighted by Crippen LogP contribution is 2.25. The number of rotatable bonds is 6. The van der Waals surface area contributed by atoms with Crippen molar-refractivity contribution in [1.29, 1.82) is 0 Å². The van der Waals surface area contributed by atoms with Gasteiger partial charge in [-0.3, -0.25) is 0 Å². The van der Waals surface area contributed by atoms with Crippen LogP contribution in [0.3, 0.4) is 0 Å². The van der Waals surface area contributed by atoms with Crippen molar-refractivity contribution in [2.45, 2.75) is 24.3 Å². The summed E-state index contributed by atoms with van der Waals surface area (Å²) in [6.07, 6.45) is 3.10. The minimum Gasteiger partial charge on any atom is -0.497 e. The van der Waals surface area contributed by atoms with Crippen molar-refractivity contribution in [2.75, 3.05) is 18.7 Å². The molecule has 2 nitrogen and oxygen atoms in total. The second-order valence-electron chi connectivity index (χ2n) is 4.80. The molecule has 1 unspecified atom stereocenters. The molecule has 0 heterocycles. The summed E-state index contributed by atoms with van der Waals surface area (Å²) < 4.78 is 5.18. The number of thioether (sulfide) groups is 1. The zero-order chi connectivity index (χ0) is 14.4. The first-order chi connectivity index (χ1) is 9.72. The number of methoxy groups -OCH3 is 1. The van der Waals surface area contributed by atoms with Crippen LogP contribution in [0.4, 0.5) is 5.69 Å². The Morgan fingerprint density at radius 3 is 2.45 bits per heavy atom. The van der Waals surface area contributed by atoms with Gasteiger partial charge in [0.15, 0.2) is 0 Å². The predicted molar refractivity (Wildman–Crippen MR) is 88.0 cm³/mol. The molecular weight excluding hydrogens is 266 g/mol. The zero-order valence-electron chi connectivity index (χ0n) is 12.2. The van der Waals surface area contributed by atoms with Crippen LogP contribution in [-0.4, -0.2) is 19.4 Å². The van der Waals surface area contributed by atoms with E-state index in [1.807, 2.05) is 12.1 Å². The molecule has 0 saturated heterocycles. The van der Waals surface area contributed by atoms with E-state index in [1.54, 1.807) is 18.9 Å². The summed E-state index contributed by atoms with van der Waals surface area (Å²) in [5.74, 6) is 0.905. The summed E-state index contributed by atoms with van der Waals surface area (Å²) >= 11 is 1.77. The van der Waals surface area contributed by atoms with Crippen molar-refractivity contribution in [2.24, 2.45) is 0 Å². The molecule has 0 aliphatic heterocycles. The Labute approximate surface area is 125 Å². The smallest absolute Gasteiger partial charge is 0.118 e. The highest BCUT2D eigenvalue weighted by atomic mass is 32.2. The first kappa shape index (κ1) is 14.8. The molecule has 20 heavy (non-hydrogen) atoms. The third-order valence-electron chi connectivity index (χ3n) is 3.21. The molecule has 2 aromatic carbocycles. The van der Waals surface area contributed by atoms with E-state index in [1.165, 1.54) is 16.1 Å². The lowest BCUT2D eigenvalue weighted by atomic mass is 10.1. The van der Waals surface area contributed by atoms with Gasteiger partial charge in [0.25, 0.3) is 0 Å². The van der Waals surface area contributed by atoms with Crippen molar-refractivity contribution >= 4 is 17.4 Å². The van der Waals surface area contributed by atoms with E-state index in [0.717, 1.165) is 12.2 Å². The summed E-state index contributed by atoms with van der Waals surface area (Å²) in [5.41, 5.74) is 2.52. The molecule has 2 aromatic rings. The molecule has 0 aliphatic rings. The summed E-state index contributed by atoms with van der Waals surface area (Å²) in [7, 11) is 1.69. The lowest BCUT2D eigenvalue weighted by Crippen LogP contribution is -2.18. The Morgan fingerprint density at radius 1 is 1.10 bits per heavy atom. The van der Waals surface area contributed by atoms with Crippen LogP contribution in [0.5, 0.6) is 5.75 Å². The van der Waals surface area contributed by atoms with Gasteiger partial charge in [0.2, 0.25) is 0 Å². The Hall–Kier alpha value is -1.61. The SMILES string of the molecule is COc1ccc(CC(C)Nc2ccccc2SC)cc1. The summed E-state index contributed by atoms with van der Waals surface area (Å²) in [5, 5.41) is 3.59. The Morgan fingerprint density at radius 2 is 1.80 bits per heavy atom. The van der Waals surface area contributed by atoms with Crippen LogP contribution in [0.25, 0.3) is 0 Å². The van der Waals surface area contributed by atoms with Crippen molar-refractivity contribution < 1.29 is 4.74 Å².